The first-order valence-electron chi connectivity index (χ1n) is 5.88. The predicted octanol–water partition coefficient (Wildman–Crippen LogP) is 3.11. The summed E-state index contributed by atoms with van der Waals surface area (Å²) in [7, 11) is 0. The predicted molar refractivity (Wildman–Crippen MR) is 70.7 cm³/mol. The van der Waals surface area contributed by atoms with Gasteiger partial charge in [-0.2, -0.15) is 0 Å². The SMILES string of the molecule is C/C=C1\C=CC(COc2ccc(C=O)nc2)=CC1. The van der Waals surface area contributed by atoms with Crippen molar-refractivity contribution in [3.63, 3.8) is 0 Å². The van der Waals surface area contributed by atoms with Gasteiger partial charge >= 0.3 is 0 Å². The molecule has 1 aromatic rings. The van der Waals surface area contributed by atoms with E-state index in [1.807, 2.05) is 6.92 Å². The zero-order valence-corrected chi connectivity index (χ0v) is 10.3. The smallest absolute Gasteiger partial charge is 0.168 e. The molecule has 0 bridgehead atoms. The maximum Gasteiger partial charge on any atom is 0.168 e. The fourth-order valence-electron chi connectivity index (χ4n) is 1.63. The third kappa shape index (κ3) is 3.17. The standard InChI is InChI=1S/C15H15NO2/c1-2-12-3-5-13(6-4-12)11-18-15-8-7-14(10-17)16-9-15/h2-3,5-10H,4,11H2,1H3/b12-2+. The average molecular weight is 241 g/mol. The van der Waals surface area contributed by atoms with Crippen LogP contribution < -0.4 is 4.74 Å². The molecule has 0 N–H and O–H groups in total. The molecule has 0 saturated carbocycles. The lowest BCUT2D eigenvalue weighted by atomic mass is 10.0. The molecule has 1 aliphatic carbocycles. The number of allylic oxidation sites excluding steroid dienone is 4. The lowest BCUT2D eigenvalue weighted by Crippen LogP contribution is -2.02. The van der Waals surface area contributed by atoms with E-state index < -0.39 is 0 Å². The number of aromatic nitrogens is 1. The van der Waals surface area contributed by atoms with Crippen LogP contribution in [0.15, 0.2) is 53.8 Å². The Morgan fingerprint density at radius 1 is 1.39 bits per heavy atom. The van der Waals surface area contributed by atoms with Gasteiger partial charge in [0.25, 0.3) is 0 Å². The second kappa shape index (κ2) is 5.96. The molecule has 0 amide bonds. The fraction of sp³-hybridized carbons (Fsp3) is 0.200. The van der Waals surface area contributed by atoms with Crippen LogP contribution in [0.25, 0.3) is 0 Å². The van der Waals surface area contributed by atoms with E-state index in [0.717, 1.165) is 18.3 Å². The van der Waals surface area contributed by atoms with Gasteiger partial charge in [-0.15, -0.1) is 0 Å². The largest absolute Gasteiger partial charge is 0.487 e. The van der Waals surface area contributed by atoms with Gasteiger partial charge in [0.1, 0.15) is 18.1 Å². The van der Waals surface area contributed by atoms with Crippen molar-refractivity contribution >= 4 is 6.29 Å². The zero-order valence-electron chi connectivity index (χ0n) is 10.3. The average Bonchev–Trinajstić information content (AvgIpc) is 2.46. The fourth-order valence-corrected chi connectivity index (χ4v) is 1.63. The lowest BCUT2D eigenvalue weighted by molar-refractivity contribution is 0.111. The van der Waals surface area contributed by atoms with Gasteiger partial charge in [0, 0.05) is 0 Å². The first-order valence-corrected chi connectivity index (χ1v) is 5.88. The van der Waals surface area contributed by atoms with E-state index in [1.165, 1.54) is 5.57 Å². The van der Waals surface area contributed by atoms with Gasteiger partial charge in [0.2, 0.25) is 0 Å². The van der Waals surface area contributed by atoms with E-state index in [-0.39, 0.29) is 0 Å². The highest BCUT2D eigenvalue weighted by Crippen LogP contribution is 2.17. The molecule has 18 heavy (non-hydrogen) atoms. The molecule has 0 spiro atoms. The molecule has 1 heterocycles. The quantitative estimate of drug-likeness (QED) is 0.760. The van der Waals surface area contributed by atoms with Crippen molar-refractivity contribution in [2.75, 3.05) is 6.61 Å². The van der Waals surface area contributed by atoms with Crippen molar-refractivity contribution < 1.29 is 9.53 Å². The Kier molecular flexibility index (Phi) is 4.07. The molecule has 0 radical (unpaired) electrons. The molecular formula is C15H15NO2. The minimum atomic E-state index is 0.414. The van der Waals surface area contributed by atoms with Crippen molar-refractivity contribution in [1.82, 2.24) is 4.98 Å². The highest BCUT2D eigenvalue weighted by molar-refractivity contribution is 5.71. The Hall–Kier alpha value is -2.16. The van der Waals surface area contributed by atoms with Crippen molar-refractivity contribution in [3.05, 3.63) is 59.5 Å². The van der Waals surface area contributed by atoms with Crippen LogP contribution in [0.3, 0.4) is 0 Å². The van der Waals surface area contributed by atoms with E-state index in [0.29, 0.717) is 18.1 Å². The molecule has 0 unspecified atom stereocenters. The van der Waals surface area contributed by atoms with Gasteiger partial charge in [-0.25, -0.2) is 4.98 Å². The highest BCUT2D eigenvalue weighted by Gasteiger charge is 2.02. The van der Waals surface area contributed by atoms with Gasteiger partial charge in [-0.05, 0) is 36.6 Å². The van der Waals surface area contributed by atoms with Gasteiger partial charge in [0.15, 0.2) is 6.29 Å². The van der Waals surface area contributed by atoms with Gasteiger partial charge in [-0.1, -0.05) is 24.3 Å². The van der Waals surface area contributed by atoms with E-state index >= 15 is 0 Å². The van der Waals surface area contributed by atoms with E-state index in [9.17, 15) is 4.79 Å². The molecule has 0 aliphatic heterocycles. The number of pyridine rings is 1. The summed E-state index contributed by atoms with van der Waals surface area (Å²) in [5, 5.41) is 0. The number of carbonyl (C=O) groups is 1. The van der Waals surface area contributed by atoms with Crippen LogP contribution in [0, 0.1) is 0 Å². The van der Waals surface area contributed by atoms with E-state index in [2.05, 4.69) is 29.3 Å². The number of ether oxygens (including phenoxy) is 1. The summed E-state index contributed by atoms with van der Waals surface area (Å²) in [6.07, 6.45) is 11.7. The van der Waals surface area contributed by atoms with Gasteiger partial charge in [0.05, 0.1) is 6.20 Å². The Morgan fingerprint density at radius 2 is 2.28 bits per heavy atom. The third-order valence-electron chi connectivity index (χ3n) is 2.77. The van der Waals surface area contributed by atoms with Crippen molar-refractivity contribution in [1.29, 1.82) is 0 Å². The monoisotopic (exact) mass is 241 g/mol. The minimum Gasteiger partial charge on any atom is -0.487 e. The number of rotatable bonds is 4. The van der Waals surface area contributed by atoms with E-state index in [4.69, 9.17) is 4.74 Å². The third-order valence-corrected chi connectivity index (χ3v) is 2.77. The maximum atomic E-state index is 10.5. The molecule has 92 valence electrons. The van der Waals surface area contributed by atoms with Crippen molar-refractivity contribution in [2.24, 2.45) is 0 Å². The van der Waals surface area contributed by atoms with Crippen LogP contribution in [-0.4, -0.2) is 17.9 Å². The Balaban J connectivity index is 1.90. The summed E-state index contributed by atoms with van der Waals surface area (Å²) in [5.74, 6) is 0.673. The summed E-state index contributed by atoms with van der Waals surface area (Å²) in [4.78, 5) is 14.4. The molecule has 1 aliphatic rings. The lowest BCUT2D eigenvalue weighted by Gasteiger charge is -2.10. The van der Waals surface area contributed by atoms with Crippen LogP contribution in [0.2, 0.25) is 0 Å². The van der Waals surface area contributed by atoms with Crippen LogP contribution in [-0.2, 0) is 0 Å². The molecule has 0 atom stereocenters. The first kappa shape index (κ1) is 12.3. The first-order chi connectivity index (χ1) is 8.81. The van der Waals surface area contributed by atoms with Crippen LogP contribution in [0.5, 0.6) is 5.75 Å². The van der Waals surface area contributed by atoms with Gasteiger partial charge < -0.3 is 4.74 Å². The molecule has 0 saturated heterocycles. The molecule has 0 aromatic carbocycles. The maximum absolute atomic E-state index is 10.5. The second-order valence-corrected chi connectivity index (χ2v) is 4.01. The molecule has 0 fully saturated rings. The summed E-state index contributed by atoms with van der Waals surface area (Å²) < 4.78 is 5.60. The normalized spacial score (nSPS) is 16.5. The number of aldehydes is 1. The van der Waals surface area contributed by atoms with Crippen LogP contribution in [0.4, 0.5) is 0 Å². The summed E-state index contributed by atoms with van der Waals surface area (Å²) >= 11 is 0. The highest BCUT2D eigenvalue weighted by atomic mass is 16.5. The molecule has 3 nitrogen and oxygen atoms in total. The molecule has 3 heteroatoms. The van der Waals surface area contributed by atoms with Crippen molar-refractivity contribution in [2.45, 2.75) is 13.3 Å². The molecular weight excluding hydrogens is 226 g/mol. The molecule has 1 aromatic heterocycles. The number of hydrogen-bond donors (Lipinski definition) is 0. The van der Waals surface area contributed by atoms with Gasteiger partial charge in [-0.3, -0.25) is 4.79 Å². The van der Waals surface area contributed by atoms with E-state index in [1.54, 1.807) is 18.3 Å². The van der Waals surface area contributed by atoms with Crippen LogP contribution >= 0.6 is 0 Å². The Bertz CT molecular complexity index is 510. The van der Waals surface area contributed by atoms with Crippen molar-refractivity contribution in [3.8, 4) is 5.75 Å². The number of hydrogen-bond acceptors (Lipinski definition) is 3. The Morgan fingerprint density at radius 3 is 2.83 bits per heavy atom. The number of carbonyl (C=O) groups excluding carboxylic acids is 1. The second-order valence-electron chi connectivity index (χ2n) is 4.01. The molecule has 2 rings (SSSR count). The number of nitrogens with zero attached hydrogens (tertiary/aromatic N) is 1. The Labute approximate surface area is 107 Å². The zero-order chi connectivity index (χ0) is 12.8. The summed E-state index contributed by atoms with van der Waals surface area (Å²) in [6.45, 7) is 2.56. The topological polar surface area (TPSA) is 39.2 Å². The van der Waals surface area contributed by atoms with Crippen LogP contribution in [0.1, 0.15) is 23.8 Å². The minimum absolute atomic E-state index is 0.414. The summed E-state index contributed by atoms with van der Waals surface area (Å²) in [6, 6.07) is 3.40. The summed E-state index contributed by atoms with van der Waals surface area (Å²) in [5.41, 5.74) is 2.88.